The highest BCUT2D eigenvalue weighted by molar-refractivity contribution is 5.03. The van der Waals surface area contributed by atoms with Gasteiger partial charge in [0.2, 0.25) is 0 Å². The third-order valence-electron chi connectivity index (χ3n) is 1.32. The summed E-state index contributed by atoms with van der Waals surface area (Å²) < 4.78 is 0. The van der Waals surface area contributed by atoms with Crippen LogP contribution in [0.4, 0.5) is 0 Å². The Kier molecular flexibility index (Phi) is 3.64. The van der Waals surface area contributed by atoms with Crippen molar-refractivity contribution in [2.24, 2.45) is 0 Å². The molecule has 62 valence electrons. The van der Waals surface area contributed by atoms with E-state index in [9.17, 15) is 0 Å². The lowest BCUT2D eigenvalue weighted by Crippen LogP contribution is -1.58. The Bertz CT molecular complexity index is 247. The van der Waals surface area contributed by atoms with Crippen molar-refractivity contribution in [1.82, 2.24) is 9.97 Å². The van der Waals surface area contributed by atoms with Crippen LogP contribution in [0.2, 0.25) is 0 Å². The molecule has 0 saturated carbocycles. The molecule has 2 aromatic rings. The Morgan fingerprint density at radius 2 is 1.92 bits per heavy atom. The second-order valence-electron chi connectivity index (χ2n) is 2.41. The second kappa shape index (κ2) is 5.13. The van der Waals surface area contributed by atoms with E-state index >= 15 is 0 Å². The van der Waals surface area contributed by atoms with Crippen LogP contribution >= 0.6 is 0 Å². The van der Waals surface area contributed by atoms with Gasteiger partial charge >= 0.3 is 0 Å². The number of aromatic nitrogens is 2. The van der Waals surface area contributed by atoms with E-state index in [1.807, 2.05) is 36.7 Å². The lowest BCUT2D eigenvalue weighted by Gasteiger charge is -1.70. The number of aryl methyl sites for hydroxylation is 1. The van der Waals surface area contributed by atoms with E-state index in [0.29, 0.717) is 0 Å². The number of H-pyrrole nitrogens is 1. The van der Waals surface area contributed by atoms with E-state index in [1.54, 1.807) is 12.4 Å². The van der Waals surface area contributed by atoms with Gasteiger partial charge in [0.05, 0.1) is 0 Å². The summed E-state index contributed by atoms with van der Waals surface area (Å²) in [7, 11) is 0. The standard InChI is InChI=1S/C5H7N.C5H5N/c1-5-2-3-6-4-5;1-2-4-6-5-3-1/h2-4,6H,1H3;1-5H. The number of nitrogens with zero attached hydrogens (tertiary/aromatic N) is 1. The Hall–Kier alpha value is -1.57. The van der Waals surface area contributed by atoms with Crippen LogP contribution in [-0.2, 0) is 0 Å². The summed E-state index contributed by atoms with van der Waals surface area (Å²) in [5.41, 5.74) is 1.29. The average Bonchev–Trinajstić information content (AvgIpc) is 2.60. The third-order valence-corrected chi connectivity index (χ3v) is 1.32. The molecule has 0 aliphatic heterocycles. The molecule has 0 bridgehead atoms. The van der Waals surface area contributed by atoms with Gasteiger partial charge in [-0.2, -0.15) is 0 Å². The van der Waals surface area contributed by atoms with Crippen LogP contribution in [-0.4, -0.2) is 9.97 Å². The number of nitrogens with one attached hydrogen (secondary N) is 1. The van der Waals surface area contributed by atoms with E-state index < -0.39 is 0 Å². The average molecular weight is 160 g/mol. The maximum Gasteiger partial charge on any atom is 0.0267 e. The molecule has 0 aromatic carbocycles. The monoisotopic (exact) mass is 160 g/mol. The van der Waals surface area contributed by atoms with E-state index in [2.05, 4.69) is 16.9 Å². The largest absolute Gasteiger partial charge is 0.367 e. The first-order chi connectivity index (χ1) is 5.89. The summed E-state index contributed by atoms with van der Waals surface area (Å²) in [4.78, 5) is 6.71. The van der Waals surface area contributed by atoms with Gasteiger partial charge in [-0.15, -0.1) is 0 Å². The zero-order chi connectivity index (χ0) is 8.65. The molecule has 2 rings (SSSR count). The van der Waals surface area contributed by atoms with Crippen molar-refractivity contribution in [3.63, 3.8) is 0 Å². The molecular weight excluding hydrogens is 148 g/mol. The molecule has 0 aliphatic carbocycles. The number of hydrogen-bond acceptors (Lipinski definition) is 1. The van der Waals surface area contributed by atoms with Crippen molar-refractivity contribution in [3.8, 4) is 0 Å². The molecule has 0 fully saturated rings. The normalized spacial score (nSPS) is 8.42. The van der Waals surface area contributed by atoms with Crippen molar-refractivity contribution < 1.29 is 0 Å². The van der Waals surface area contributed by atoms with Crippen LogP contribution < -0.4 is 0 Å². The summed E-state index contributed by atoms with van der Waals surface area (Å²) in [6.45, 7) is 2.05. The second-order valence-corrected chi connectivity index (χ2v) is 2.41. The molecule has 0 unspecified atom stereocenters. The van der Waals surface area contributed by atoms with Crippen LogP contribution in [0, 0.1) is 6.92 Å². The van der Waals surface area contributed by atoms with E-state index in [4.69, 9.17) is 0 Å². The minimum absolute atomic E-state index is 1.29. The zero-order valence-electron chi connectivity index (χ0n) is 7.07. The Morgan fingerprint density at radius 1 is 1.17 bits per heavy atom. The molecule has 2 heteroatoms. The van der Waals surface area contributed by atoms with Crippen LogP contribution in [0.15, 0.2) is 49.1 Å². The molecule has 2 heterocycles. The molecule has 12 heavy (non-hydrogen) atoms. The first kappa shape index (κ1) is 8.53. The highest BCUT2D eigenvalue weighted by Gasteiger charge is 1.73. The summed E-state index contributed by atoms with van der Waals surface area (Å²) >= 11 is 0. The van der Waals surface area contributed by atoms with Gasteiger partial charge in [0.15, 0.2) is 0 Å². The summed E-state index contributed by atoms with van der Waals surface area (Å²) in [6.07, 6.45) is 7.37. The zero-order valence-corrected chi connectivity index (χ0v) is 7.07. The predicted molar refractivity (Wildman–Crippen MR) is 49.8 cm³/mol. The van der Waals surface area contributed by atoms with Gasteiger partial charge in [-0.1, -0.05) is 6.07 Å². The van der Waals surface area contributed by atoms with Crippen molar-refractivity contribution in [3.05, 3.63) is 54.6 Å². The number of rotatable bonds is 0. The number of aromatic amines is 1. The predicted octanol–water partition coefficient (Wildman–Crippen LogP) is 2.40. The Morgan fingerprint density at radius 3 is 2.08 bits per heavy atom. The molecule has 0 amide bonds. The molecule has 0 radical (unpaired) electrons. The molecule has 0 atom stereocenters. The van der Waals surface area contributed by atoms with E-state index in [-0.39, 0.29) is 0 Å². The Labute approximate surface area is 72.3 Å². The van der Waals surface area contributed by atoms with Gasteiger partial charge in [-0.05, 0) is 30.7 Å². The molecule has 1 N–H and O–H groups in total. The summed E-state index contributed by atoms with van der Waals surface area (Å²) in [5.74, 6) is 0. The van der Waals surface area contributed by atoms with Gasteiger partial charge in [0.25, 0.3) is 0 Å². The Balaban J connectivity index is 0.000000120. The maximum atomic E-state index is 3.78. The van der Waals surface area contributed by atoms with Gasteiger partial charge in [-0.3, -0.25) is 4.98 Å². The smallest absolute Gasteiger partial charge is 0.0267 e. The third kappa shape index (κ3) is 3.56. The topological polar surface area (TPSA) is 28.7 Å². The lowest BCUT2D eigenvalue weighted by atomic mass is 10.4. The first-order valence-corrected chi connectivity index (χ1v) is 3.84. The lowest BCUT2D eigenvalue weighted by molar-refractivity contribution is 1.33. The van der Waals surface area contributed by atoms with Gasteiger partial charge in [-0.25, -0.2) is 0 Å². The fraction of sp³-hybridized carbons (Fsp3) is 0.100. The molecule has 2 nitrogen and oxygen atoms in total. The van der Waals surface area contributed by atoms with Crippen LogP contribution in [0.1, 0.15) is 5.56 Å². The fourth-order valence-electron chi connectivity index (χ4n) is 0.720. The van der Waals surface area contributed by atoms with Crippen LogP contribution in [0.25, 0.3) is 0 Å². The summed E-state index contributed by atoms with van der Waals surface area (Å²) in [5, 5.41) is 0. The first-order valence-electron chi connectivity index (χ1n) is 3.84. The summed E-state index contributed by atoms with van der Waals surface area (Å²) in [6, 6.07) is 7.74. The quantitative estimate of drug-likeness (QED) is 0.630. The van der Waals surface area contributed by atoms with Gasteiger partial charge < -0.3 is 4.98 Å². The highest BCUT2D eigenvalue weighted by Crippen LogP contribution is 1.88. The van der Waals surface area contributed by atoms with E-state index in [1.165, 1.54) is 5.56 Å². The highest BCUT2D eigenvalue weighted by atomic mass is 14.6. The number of hydrogen-bond donors (Lipinski definition) is 1. The molecule has 0 saturated heterocycles. The van der Waals surface area contributed by atoms with Crippen molar-refractivity contribution in [1.29, 1.82) is 0 Å². The molecular formula is C10H12N2. The van der Waals surface area contributed by atoms with Gasteiger partial charge in [0, 0.05) is 24.8 Å². The van der Waals surface area contributed by atoms with Crippen LogP contribution in [0.3, 0.4) is 0 Å². The fourth-order valence-corrected chi connectivity index (χ4v) is 0.720. The van der Waals surface area contributed by atoms with Crippen molar-refractivity contribution in [2.45, 2.75) is 6.92 Å². The molecule has 2 aromatic heterocycles. The van der Waals surface area contributed by atoms with E-state index in [0.717, 1.165) is 0 Å². The number of pyridine rings is 1. The SMILES string of the molecule is Cc1cc[nH]c1.c1ccncc1. The molecule has 0 spiro atoms. The van der Waals surface area contributed by atoms with Gasteiger partial charge in [0.1, 0.15) is 0 Å². The van der Waals surface area contributed by atoms with Crippen LogP contribution in [0.5, 0.6) is 0 Å². The minimum atomic E-state index is 1.29. The van der Waals surface area contributed by atoms with Crippen molar-refractivity contribution in [2.75, 3.05) is 0 Å². The minimum Gasteiger partial charge on any atom is -0.367 e. The van der Waals surface area contributed by atoms with Crippen molar-refractivity contribution >= 4 is 0 Å². The molecule has 0 aliphatic rings. The maximum absolute atomic E-state index is 3.78.